The SMILES string of the molecule is CC1CCCC(C)N1CC(N)C(N)=O. The fourth-order valence-corrected chi connectivity index (χ4v) is 2.15. The van der Waals surface area contributed by atoms with Crippen LogP contribution in [-0.4, -0.2) is 35.5 Å². The lowest BCUT2D eigenvalue weighted by Crippen LogP contribution is -2.52. The first-order valence-corrected chi connectivity index (χ1v) is 5.33. The van der Waals surface area contributed by atoms with Crippen LogP contribution in [0.2, 0.25) is 0 Å². The van der Waals surface area contributed by atoms with Gasteiger partial charge in [0.15, 0.2) is 0 Å². The molecule has 0 bridgehead atoms. The van der Waals surface area contributed by atoms with Crippen LogP contribution in [0.3, 0.4) is 0 Å². The van der Waals surface area contributed by atoms with Crippen LogP contribution in [0, 0.1) is 0 Å². The molecule has 3 unspecified atom stereocenters. The zero-order chi connectivity index (χ0) is 10.7. The molecular formula is C10H21N3O. The number of hydrogen-bond donors (Lipinski definition) is 2. The molecule has 0 aromatic rings. The molecule has 0 aliphatic carbocycles. The van der Waals surface area contributed by atoms with E-state index in [0.717, 1.165) is 0 Å². The van der Waals surface area contributed by atoms with Crippen molar-refractivity contribution in [2.75, 3.05) is 6.54 Å². The van der Waals surface area contributed by atoms with Crippen LogP contribution in [0.4, 0.5) is 0 Å². The highest BCUT2D eigenvalue weighted by Gasteiger charge is 2.27. The van der Waals surface area contributed by atoms with E-state index >= 15 is 0 Å². The molecule has 1 amide bonds. The van der Waals surface area contributed by atoms with Gasteiger partial charge in [-0.3, -0.25) is 9.69 Å². The number of rotatable bonds is 3. The molecule has 3 atom stereocenters. The van der Waals surface area contributed by atoms with Crippen LogP contribution < -0.4 is 11.5 Å². The number of amides is 1. The third-order valence-electron chi connectivity index (χ3n) is 3.15. The fourth-order valence-electron chi connectivity index (χ4n) is 2.15. The maximum absolute atomic E-state index is 10.9. The molecule has 1 saturated heterocycles. The van der Waals surface area contributed by atoms with Crippen molar-refractivity contribution in [2.45, 2.75) is 51.2 Å². The molecule has 0 aromatic heterocycles. The Morgan fingerprint density at radius 3 is 2.36 bits per heavy atom. The molecule has 82 valence electrons. The van der Waals surface area contributed by atoms with Gasteiger partial charge in [0, 0.05) is 18.6 Å². The van der Waals surface area contributed by atoms with Crippen LogP contribution in [0.5, 0.6) is 0 Å². The summed E-state index contributed by atoms with van der Waals surface area (Å²) in [6.07, 6.45) is 3.65. The Bertz CT molecular complexity index is 198. The summed E-state index contributed by atoms with van der Waals surface area (Å²) < 4.78 is 0. The maximum Gasteiger partial charge on any atom is 0.235 e. The van der Waals surface area contributed by atoms with E-state index in [4.69, 9.17) is 11.5 Å². The Balaban J connectivity index is 2.51. The first kappa shape index (κ1) is 11.5. The van der Waals surface area contributed by atoms with Crippen molar-refractivity contribution in [2.24, 2.45) is 11.5 Å². The molecule has 1 aliphatic heterocycles. The molecule has 4 nitrogen and oxygen atoms in total. The van der Waals surface area contributed by atoms with Crippen molar-refractivity contribution in [3.63, 3.8) is 0 Å². The molecule has 0 spiro atoms. The molecule has 1 fully saturated rings. The Labute approximate surface area is 85.6 Å². The highest BCUT2D eigenvalue weighted by atomic mass is 16.1. The van der Waals surface area contributed by atoms with Crippen molar-refractivity contribution >= 4 is 5.91 Å². The highest BCUT2D eigenvalue weighted by Crippen LogP contribution is 2.22. The lowest BCUT2D eigenvalue weighted by atomic mass is 9.97. The minimum Gasteiger partial charge on any atom is -0.368 e. The number of carbonyl (C=O) groups is 1. The standard InChI is InChI=1S/C10H21N3O/c1-7-4-3-5-8(2)13(7)6-9(11)10(12)14/h7-9H,3-6,11H2,1-2H3,(H2,12,14). The summed E-state index contributed by atoms with van der Waals surface area (Å²) in [4.78, 5) is 13.1. The van der Waals surface area contributed by atoms with Crippen molar-refractivity contribution < 1.29 is 4.79 Å². The molecule has 1 rings (SSSR count). The third kappa shape index (κ3) is 2.69. The molecule has 0 radical (unpaired) electrons. The van der Waals surface area contributed by atoms with Crippen LogP contribution in [0.15, 0.2) is 0 Å². The molecule has 4 N–H and O–H groups in total. The van der Waals surface area contributed by atoms with E-state index in [1.807, 2.05) is 0 Å². The zero-order valence-corrected chi connectivity index (χ0v) is 9.07. The highest BCUT2D eigenvalue weighted by molar-refractivity contribution is 5.79. The van der Waals surface area contributed by atoms with Gasteiger partial charge in [-0.2, -0.15) is 0 Å². The van der Waals surface area contributed by atoms with Gasteiger partial charge in [0.1, 0.15) is 0 Å². The van der Waals surface area contributed by atoms with Crippen LogP contribution in [-0.2, 0) is 4.79 Å². The van der Waals surface area contributed by atoms with Gasteiger partial charge in [-0.1, -0.05) is 6.42 Å². The Kier molecular flexibility index (Phi) is 3.89. The lowest BCUT2D eigenvalue weighted by molar-refractivity contribution is -0.120. The number of nitrogens with zero attached hydrogens (tertiary/aromatic N) is 1. The molecule has 14 heavy (non-hydrogen) atoms. The lowest BCUT2D eigenvalue weighted by Gasteiger charge is -2.39. The summed E-state index contributed by atoms with van der Waals surface area (Å²) in [6.45, 7) is 4.96. The number of piperidine rings is 1. The van der Waals surface area contributed by atoms with Gasteiger partial charge in [0.05, 0.1) is 6.04 Å². The van der Waals surface area contributed by atoms with E-state index in [9.17, 15) is 4.79 Å². The molecule has 4 heteroatoms. The van der Waals surface area contributed by atoms with Crippen molar-refractivity contribution in [3.8, 4) is 0 Å². The number of primary amides is 1. The average molecular weight is 199 g/mol. The predicted molar refractivity (Wildman–Crippen MR) is 56.7 cm³/mol. The van der Waals surface area contributed by atoms with E-state index in [2.05, 4.69) is 18.7 Å². The second-order valence-corrected chi connectivity index (χ2v) is 4.33. The molecule has 1 aliphatic rings. The number of nitrogens with two attached hydrogens (primary N) is 2. The summed E-state index contributed by atoms with van der Waals surface area (Å²) in [7, 11) is 0. The summed E-state index contributed by atoms with van der Waals surface area (Å²) in [5.74, 6) is -0.407. The summed E-state index contributed by atoms with van der Waals surface area (Å²) in [6, 6.07) is 0.506. The second kappa shape index (κ2) is 4.75. The molecule has 0 aromatic carbocycles. The van der Waals surface area contributed by atoms with Gasteiger partial charge < -0.3 is 11.5 Å². The minimum absolute atomic E-state index is 0.407. The first-order chi connectivity index (χ1) is 6.52. The second-order valence-electron chi connectivity index (χ2n) is 4.33. The van der Waals surface area contributed by atoms with Crippen LogP contribution >= 0.6 is 0 Å². The molecule has 0 saturated carbocycles. The number of likely N-dealkylation sites (tertiary alicyclic amines) is 1. The van der Waals surface area contributed by atoms with Gasteiger partial charge >= 0.3 is 0 Å². The molecular weight excluding hydrogens is 178 g/mol. The monoisotopic (exact) mass is 199 g/mol. The Morgan fingerprint density at radius 1 is 1.43 bits per heavy atom. The predicted octanol–water partition coefficient (Wildman–Crippen LogP) is 0.0619. The van der Waals surface area contributed by atoms with E-state index in [-0.39, 0.29) is 0 Å². The fraction of sp³-hybridized carbons (Fsp3) is 0.900. The van der Waals surface area contributed by atoms with Crippen LogP contribution in [0.25, 0.3) is 0 Å². The summed E-state index contributed by atoms with van der Waals surface area (Å²) in [5, 5.41) is 0. The van der Waals surface area contributed by atoms with Gasteiger partial charge in [-0.15, -0.1) is 0 Å². The smallest absolute Gasteiger partial charge is 0.235 e. The van der Waals surface area contributed by atoms with Crippen molar-refractivity contribution in [1.29, 1.82) is 0 Å². The van der Waals surface area contributed by atoms with Gasteiger partial charge in [-0.25, -0.2) is 0 Å². The van der Waals surface area contributed by atoms with Crippen LogP contribution in [0.1, 0.15) is 33.1 Å². The van der Waals surface area contributed by atoms with Gasteiger partial charge in [0.25, 0.3) is 0 Å². The Hall–Kier alpha value is -0.610. The van der Waals surface area contributed by atoms with Crippen molar-refractivity contribution in [1.82, 2.24) is 4.90 Å². The maximum atomic E-state index is 10.9. The summed E-state index contributed by atoms with van der Waals surface area (Å²) in [5.41, 5.74) is 10.8. The first-order valence-electron chi connectivity index (χ1n) is 5.33. The largest absolute Gasteiger partial charge is 0.368 e. The van der Waals surface area contributed by atoms with E-state index < -0.39 is 11.9 Å². The van der Waals surface area contributed by atoms with Gasteiger partial charge in [0.2, 0.25) is 5.91 Å². The van der Waals surface area contributed by atoms with Crippen molar-refractivity contribution in [3.05, 3.63) is 0 Å². The zero-order valence-electron chi connectivity index (χ0n) is 9.07. The van der Waals surface area contributed by atoms with E-state index in [0.29, 0.717) is 18.6 Å². The normalized spacial score (nSPS) is 31.4. The third-order valence-corrected chi connectivity index (χ3v) is 3.15. The molecule has 1 heterocycles. The van der Waals surface area contributed by atoms with Gasteiger partial charge in [-0.05, 0) is 26.7 Å². The van der Waals surface area contributed by atoms with E-state index in [1.165, 1.54) is 19.3 Å². The van der Waals surface area contributed by atoms with E-state index in [1.54, 1.807) is 0 Å². The average Bonchev–Trinajstić information content (AvgIpc) is 2.11. The Morgan fingerprint density at radius 2 is 1.93 bits per heavy atom. The number of carbonyl (C=O) groups excluding carboxylic acids is 1. The topological polar surface area (TPSA) is 72.3 Å². The minimum atomic E-state index is -0.530. The quantitative estimate of drug-likeness (QED) is 0.675. The summed E-state index contributed by atoms with van der Waals surface area (Å²) >= 11 is 0. The number of hydrogen-bond acceptors (Lipinski definition) is 3.